The topological polar surface area (TPSA) is 41.6 Å². The molecule has 5 heteroatoms. The van der Waals surface area contributed by atoms with Crippen molar-refractivity contribution in [2.75, 3.05) is 26.2 Å². The van der Waals surface area contributed by atoms with Crippen molar-refractivity contribution >= 4 is 17.5 Å². The van der Waals surface area contributed by atoms with Crippen molar-refractivity contribution < 1.29 is 9.53 Å². The van der Waals surface area contributed by atoms with Gasteiger partial charge in [-0.25, -0.2) is 0 Å². The molecular formula is C20H21ClN2O2. The van der Waals surface area contributed by atoms with E-state index in [-0.39, 0.29) is 17.9 Å². The zero-order chi connectivity index (χ0) is 17.2. The van der Waals surface area contributed by atoms with Crippen LogP contribution in [0.5, 0.6) is 5.75 Å². The van der Waals surface area contributed by atoms with Gasteiger partial charge in [0.2, 0.25) is 5.91 Å². The van der Waals surface area contributed by atoms with Crippen molar-refractivity contribution in [3.8, 4) is 5.75 Å². The number of hydrogen-bond donors (Lipinski definition) is 1. The van der Waals surface area contributed by atoms with E-state index < -0.39 is 0 Å². The largest absolute Gasteiger partial charge is 0.492 e. The lowest BCUT2D eigenvalue weighted by atomic mass is 9.93. The number of nitrogens with one attached hydrogen (secondary N) is 1. The zero-order valence-electron chi connectivity index (χ0n) is 14.0. The van der Waals surface area contributed by atoms with Crippen LogP contribution in [0.1, 0.15) is 17.2 Å². The molecule has 4 rings (SSSR count). The van der Waals surface area contributed by atoms with Gasteiger partial charge >= 0.3 is 0 Å². The quantitative estimate of drug-likeness (QED) is 0.899. The second-order valence-electron chi connectivity index (χ2n) is 6.59. The number of piperazine rings is 1. The van der Waals surface area contributed by atoms with Crippen LogP contribution >= 0.6 is 11.6 Å². The minimum atomic E-state index is -0.141. The van der Waals surface area contributed by atoms with Crippen LogP contribution in [-0.4, -0.2) is 37.0 Å². The Hall–Kier alpha value is -2.04. The fourth-order valence-electron chi connectivity index (χ4n) is 3.71. The van der Waals surface area contributed by atoms with Crippen molar-refractivity contribution in [1.29, 1.82) is 0 Å². The van der Waals surface area contributed by atoms with Crippen LogP contribution in [0.4, 0.5) is 0 Å². The molecule has 0 saturated carbocycles. The van der Waals surface area contributed by atoms with E-state index in [0.29, 0.717) is 18.2 Å². The van der Waals surface area contributed by atoms with E-state index in [1.54, 1.807) is 0 Å². The lowest BCUT2D eigenvalue weighted by molar-refractivity contribution is -0.140. The monoisotopic (exact) mass is 356 g/mol. The predicted octanol–water partition coefficient (Wildman–Crippen LogP) is 3.06. The van der Waals surface area contributed by atoms with Crippen molar-refractivity contribution in [3.05, 3.63) is 64.7 Å². The fraction of sp³-hybridized carbons (Fsp3) is 0.350. The van der Waals surface area contributed by atoms with E-state index in [4.69, 9.17) is 16.3 Å². The van der Waals surface area contributed by atoms with Gasteiger partial charge < -0.3 is 15.0 Å². The highest BCUT2D eigenvalue weighted by Crippen LogP contribution is 2.32. The maximum atomic E-state index is 13.2. The molecule has 2 unspecified atom stereocenters. The number of nitrogens with zero attached hydrogens (tertiary/aromatic N) is 1. The molecule has 0 aliphatic carbocycles. The molecular weight excluding hydrogens is 336 g/mol. The molecule has 2 atom stereocenters. The Labute approximate surface area is 152 Å². The number of ether oxygens (including phenoxy) is 1. The highest BCUT2D eigenvalue weighted by atomic mass is 35.5. The minimum absolute atomic E-state index is 0.0351. The molecule has 1 amide bonds. The maximum Gasteiger partial charge on any atom is 0.230 e. The van der Waals surface area contributed by atoms with Gasteiger partial charge in [-0.3, -0.25) is 4.79 Å². The number of para-hydroxylation sites is 1. The number of benzene rings is 2. The molecule has 25 heavy (non-hydrogen) atoms. The Morgan fingerprint density at radius 3 is 2.84 bits per heavy atom. The third kappa shape index (κ3) is 3.24. The minimum Gasteiger partial charge on any atom is -0.492 e. The summed E-state index contributed by atoms with van der Waals surface area (Å²) in [4.78, 5) is 15.2. The molecule has 4 nitrogen and oxygen atoms in total. The van der Waals surface area contributed by atoms with Crippen LogP contribution in [-0.2, 0) is 11.2 Å². The molecule has 1 saturated heterocycles. The van der Waals surface area contributed by atoms with Gasteiger partial charge in [0, 0.05) is 24.7 Å². The van der Waals surface area contributed by atoms with Gasteiger partial charge in [0.1, 0.15) is 12.4 Å². The molecule has 2 aliphatic heterocycles. The number of halogens is 1. The van der Waals surface area contributed by atoms with E-state index >= 15 is 0 Å². The summed E-state index contributed by atoms with van der Waals surface area (Å²) >= 11 is 6.39. The van der Waals surface area contributed by atoms with Gasteiger partial charge in [0.05, 0.1) is 12.0 Å². The first-order valence-corrected chi connectivity index (χ1v) is 9.08. The highest BCUT2D eigenvalue weighted by molar-refractivity contribution is 6.31. The second-order valence-corrected chi connectivity index (χ2v) is 7.00. The number of amides is 1. The Balaban J connectivity index is 1.57. The number of rotatable bonds is 2. The van der Waals surface area contributed by atoms with Crippen molar-refractivity contribution in [1.82, 2.24) is 10.2 Å². The lowest BCUT2D eigenvalue weighted by Crippen LogP contribution is -2.52. The van der Waals surface area contributed by atoms with Crippen LogP contribution < -0.4 is 10.1 Å². The zero-order valence-corrected chi connectivity index (χ0v) is 14.7. The Bertz CT molecular complexity index is 780. The van der Waals surface area contributed by atoms with Crippen molar-refractivity contribution in [2.24, 2.45) is 5.92 Å². The predicted molar refractivity (Wildman–Crippen MR) is 97.9 cm³/mol. The van der Waals surface area contributed by atoms with Gasteiger partial charge in [-0.2, -0.15) is 0 Å². The number of fused-ring (bicyclic) bond motifs is 1. The maximum absolute atomic E-state index is 13.2. The summed E-state index contributed by atoms with van der Waals surface area (Å²) in [5, 5.41) is 4.09. The van der Waals surface area contributed by atoms with E-state index in [9.17, 15) is 4.79 Å². The molecule has 2 aromatic carbocycles. The molecule has 0 spiro atoms. The van der Waals surface area contributed by atoms with Crippen LogP contribution in [0.15, 0.2) is 48.5 Å². The first kappa shape index (κ1) is 16.4. The van der Waals surface area contributed by atoms with E-state index in [1.165, 1.54) is 0 Å². The Morgan fingerprint density at radius 1 is 1.16 bits per heavy atom. The van der Waals surface area contributed by atoms with Crippen LogP contribution in [0.25, 0.3) is 0 Å². The van der Waals surface area contributed by atoms with Crippen LogP contribution in [0.2, 0.25) is 5.02 Å². The average molecular weight is 357 g/mol. The summed E-state index contributed by atoms with van der Waals surface area (Å²) in [7, 11) is 0. The molecule has 2 aromatic rings. The van der Waals surface area contributed by atoms with Crippen LogP contribution in [0.3, 0.4) is 0 Å². The van der Waals surface area contributed by atoms with Gasteiger partial charge in [0.25, 0.3) is 0 Å². The van der Waals surface area contributed by atoms with Gasteiger partial charge in [-0.1, -0.05) is 48.0 Å². The summed E-state index contributed by atoms with van der Waals surface area (Å²) in [5.74, 6) is 0.911. The molecule has 130 valence electrons. The van der Waals surface area contributed by atoms with Gasteiger partial charge in [0.15, 0.2) is 0 Å². The molecule has 2 heterocycles. The normalized spacial score (nSPS) is 22.8. The summed E-state index contributed by atoms with van der Waals surface area (Å²) in [5.41, 5.74) is 2.11. The smallest absolute Gasteiger partial charge is 0.230 e. The summed E-state index contributed by atoms with van der Waals surface area (Å²) in [6.07, 6.45) is 0.730. The fourth-order valence-corrected chi connectivity index (χ4v) is 3.97. The van der Waals surface area contributed by atoms with Crippen molar-refractivity contribution in [2.45, 2.75) is 12.5 Å². The molecule has 0 bridgehead atoms. The Morgan fingerprint density at radius 2 is 1.96 bits per heavy atom. The standard InChI is InChI=1S/C20H21ClN2O2/c21-17-7-3-2-6-16(17)18-12-22-9-10-23(18)20(24)15-11-14-5-1-4-8-19(14)25-13-15/h1-8,15,18,22H,9-13H2. The van der Waals surface area contributed by atoms with E-state index in [1.807, 2.05) is 53.4 Å². The molecule has 1 fully saturated rings. The average Bonchev–Trinajstić information content (AvgIpc) is 2.67. The van der Waals surface area contributed by atoms with Gasteiger partial charge in [-0.05, 0) is 29.7 Å². The number of hydrogen-bond acceptors (Lipinski definition) is 3. The van der Waals surface area contributed by atoms with Crippen molar-refractivity contribution in [3.63, 3.8) is 0 Å². The lowest BCUT2D eigenvalue weighted by Gasteiger charge is -2.39. The third-order valence-corrected chi connectivity index (χ3v) is 5.36. The van der Waals surface area contributed by atoms with E-state index in [2.05, 4.69) is 5.32 Å². The Kier molecular flexibility index (Phi) is 4.64. The van der Waals surface area contributed by atoms with Crippen LogP contribution in [0, 0.1) is 5.92 Å². The van der Waals surface area contributed by atoms with E-state index in [0.717, 1.165) is 36.4 Å². The first-order chi connectivity index (χ1) is 12.2. The summed E-state index contributed by atoms with van der Waals surface area (Å²) in [6, 6.07) is 15.7. The SMILES string of the molecule is O=C(C1COc2ccccc2C1)N1CCNCC1c1ccccc1Cl. The number of carbonyl (C=O) groups is 1. The third-order valence-electron chi connectivity index (χ3n) is 5.02. The molecule has 1 N–H and O–H groups in total. The molecule has 2 aliphatic rings. The first-order valence-electron chi connectivity index (χ1n) is 8.70. The molecule has 0 radical (unpaired) electrons. The highest BCUT2D eigenvalue weighted by Gasteiger charge is 2.35. The second kappa shape index (κ2) is 7.06. The molecule has 0 aromatic heterocycles. The number of carbonyl (C=O) groups excluding carboxylic acids is 1. The summed E-state index contributed by atoms with van der Waals surface area (Å²) in [6.45, 7) is 2.65. The summed E-state index contributed by atoms with van der Waals surface area (Å²) < 4.78 is 5.82. The van der Waals surface area contributed by atoms with Gasteiger partial charge in [-0.15, -0.1) is 0 Å².